The summed E-state index contributed by atoms with van der Waals surface area (Å²) in [6, 6.07) is 1.76. The lowest BCUT2D eigenvalue weighted by molar-refractivity contribution is 0.579. The summed E-state index contributed by atoms with van der Waals surface area (Å²) < 4.78 is 29.3. The van der Waals surface area contributed by atoms with Crippen molar-refractivity contribution in [3.63, 3.8) is 0 Å². The van der Waals surface area contributed by atoms with Gasteiger partial charge in [0.2, 0.25) is 10.0 Å². The Balaban J connectivity index is 1.96. The second-order valence-electron chi connectivity index (χ2n) is 5.44. The Labute approximate surface area is 131 Å². The molecule has 1 atom stereocenters. The van der Waals surface area contributed by atoms with E-state index in [2.05, 4.69) is 17.0 Å². The predicted molar refractivity (Wildman–Crippen MR) is 88.1 cm³/mol. The van der Waals surface area contributed by atoms with Crippen molar-refractivity contribution in [2.75, 3.05) is 18.8 Å². The van der Waals surface area contributed by atoms with Crippen LogP contribution in [0.5, 0.6) is 0 Å². The van der Waals surface area contributed by atoms with Crippen LogP contribution in [0.4, 0.5) is 0 Å². The Bertz CT molecular complexity index is 549. The molecule has 0 saturated carbocycles. The van der Waals surface area contributed by atoms with Crippen LogP contribution in [0.3, 0.4) is 0 Å². The zero-order valence-electron chi connectivity index (χ0n) is 12.8. The Kier molecular flexibility index (Phi) is 6.16. The van der Waals surface area contributed by atoms with Crippen LogP contribution >= 0.6 is 11.8 Å². The van der Waals surface area contributed by atoms with Gasteiger partial charge >= 0.3 is 0 Å². The number of sulfonamides is 1. The normalized spacial score (nSPS) is 19.2. The first-order valence-electron chi connectivity index (χ1n) is 7.50. The molecule has 0 aromatic carbocycles. The monoisotopic (exact) mass is 331 g/mol. The average Bonchev–Trinajstić information content (AvgIpc) is 3.07. The minimum absolute atomic E-state index is 0.362. The Morgan fingerprint density at radius 2 is 2.29 bits per heavy atom. The molecule has 2 rings (SSSR count). The Morgan fingerprint density at radius 3 is 2.95 bits per heavy atom. The quantitative estimate of drug-likeness (QED) is 0.712. The fourth-order valence-electron chi connectivity index (χ4n) is 2.38. The molecule has 5 nitrogen and oxygen atoms in total. The van der Waals surface area contributed by atoms with Crippen molar-refractivity contribution >= 4 is 21.8 Å². The maximum atomic E-state index is 12.3. The molecule has 0 aliphatic carbocycles. The van der Waals surface area contributed by atoms with Gasteiger partial charge in [-0.2, -0.15) is 11.8 Å². The van der Waals surface area contributed by atoms with Gasteiger partial charge < -0.3 is 9.88 Å². The molecule has 2 N–H and O–H groups in total. The van der Waals surface area contributed by atoms with Crippen molar-refractivity contribution < 1.29 is 8.42 Å². The van der Waals surface area contributed by atoms with E-state index in [0.717, 1.165) is 30.8 Å². The van der Waals surface area contributed by atoms with Crippen molar-refractivity contribution in [3.8, 4) is 0 Å². The molecular weight excluding hydrogens is 306 g/mol. The Hall–Kier alpha value is -0.500. The first-order valence-corrected chi connectivity index (χ1v) is 10.0. The summed E-state index contributed by atoms with van der Waals surface area (Å²) in [5.41, 5.74) is 0.985. The number of rotatable bonds is 8. The Morgan fingerprint density at radius 1 is 1.48 bits per heavy atom. The molecule has 1 aliphatic heterocycles. The molecule has 0 spiro atoms. The van der Waals surface area contributed by atoms with E-state index in [0.29, 0.717) is 23.2 Å². The standard InChI is InChI=1S/C14H25N3O2S2/c1-3-6-15-9-12-8-14(11-17(12)2)21(18,19)16-10-13-5-4-7-20-13/h8,11,13,15-16H,3-7,9-10H2,1-2H3. The molecule has 1 fully saturated rings. The van der Waals surface area contributed by atoms with Crippen LogP contribution in [0.2, 0.25) is 0 Å². The van der Waals surface area contributed by atoms with E-state index in [1.54, 1.807) is 12.3 Å². The number of hydrogen-bond donors (Lipinski definition) is 2. The highest BCUT2D eigenvalue weighted by Crippen LogP contribution is 2.25. The molecule has 7 heteroatoms. The number of hydrogen-bond acceptors (Lipinski definition) is 4. The summed E-state index contributed by atoms with van der Waals surface area (Å²) in [6.45, 7) is 4.27. The predicted octanol–water partition coefficient (Wildman–Crippen LogP) is 1.70. The molecule has 1 aromatic heterocycles. The third kappa shape index (κ3) is 4.74. The number of nitrogens with one attached hydrogen (secondary N) is 2. The molecule has 120 valence electrons. The molecule has 1 saturated heterocycles. The minimum atomic E-state index is -3.39. The van der Waals surface area contributed by atoms with Crippen LogP contribution in [0.25, 0.3) is 0 Å². The summed E-state index contributed by atoms with van der Waals surface area (Å²) in [6.07, 6.45) is 5.05. The third-order valence-electron chi connectivity index (χ3n) is 3.65. The van der Waals surface area contributed by atoms with Gasteiger partial charge in [-0.05, 0) is 37.6 Å². The molecule has 1 aliphatic rings. The second kappa shape index (κ2) is 7.67. The molecule has 21 heavy (non-hydrogen) atoms. The highest BCUT2D eigenvalue weighted by molar-refractivity contribution is 8.00. The fraction of sp³-hybridized carbons (Fsp3) is 0.714. The van der Waals surface area contributed by atoms with Crippen LogP contribution in [0.1, 0.15) is 31.9 Å². The molecule has 0 radical (unpaired) electrons. The van der Waals surface area contributed by atoms with E-state index in [-0.39, 0.29) is 0 Å². The van der Waals surface area contributed by atoms with E-state index in [4.69, 9.17) is 0 Å². The maximum absolute atomic E-state index is 12.3. The van der Waals surface area contributed by atoms with Crippen molar-refractivity contribution in [3.05, 3.63) is 18.0 Å². The molecule has 2 heterocycles. The van der Waals surface area contributed by atoms with E-state index in [9.17, 15) is 8.42 Å². The smallest absolute Gasteiger partial charge is 0.242 e. The van der Waals surface area contributed by atoms with Crippen molar-refractivity contribution in [1.29, 1.82) is 0 Å². The lowest BCUT2D eigenvalue weighted by atomic mass is 10.2. The van der Waals surface area contributed by atoms with Crippen LogP contribution < -0.4 is 10.0 Å². The topological polar surface area (TPSA) is 63.1 Å². The lowest BCUT2D eigenvalue weighted by Gasteiger charge is -2.09. The van der Waals surface area contributed by atoms with Crippen molar-refractivity contribution in [2.24, 2.45) is 7.05 Å². The average molecular weight is 332 g/mol. The number of aryl methyl sites for hydroxylation is 1. The van der Waals surface area contributed by atoms with Crippen LogP contribution in [-0.2, 0) is 23.6 Å². The largest absolute Gasteiger partial charge is 0.352 e. The highest BCUT2D eigenvalue weighted by Gasteiger charge is 2.21. The maximum Gasteiger partial charge on any atom is 0.242 e. The van der Waals surface area contributed by atoms with Gasteiger partial charge in [0.1, 0.15) is 0 Å². The summed E-state index contributed by atoms with van der Waals surface area (Å²) in [7, 11) is -1.51. The molecular formula is C14H25N3O2S2. The van der Waals surface area contributed by atoms with Gasteiger partial charge in [-0.15, -0.1) is 0 Å². The van der Waals surface area contributed by atoms with Crippen molar-refractivity contribution in [2.45, 2.75) is 42.9 Å². The molecule has 1 unspecified atom stereocenters. The number of nitrogens with zero attached hydrogens (tertiary/aromatic N) is 1. The summed E-state index contributed by atoms with van der Waals surface area (Å²) in [5, 5.41) is 3.72. The van der Waals surface area contributed by atoms with Gasteiger partial charge in [0.25, 0.3) is 0 Å². The second-order valence-corrected chi connectivity index (χ2v) is 8.62. The van der Waals surface area contributed by atoms with Crippen LogP contribution in [0, 0.1) is 0 Å². The first-order chi connectivity index (χ1) is 10.0. The molecule has 0 amide bonds. The third-order valence-corrected chi connectivity index (χ3v) is 6.44. The van der Waals surface area contributed by atoms with E-state index >= 15 is 0 Å². The van der Waals surface area contributed by atoms with Gasteiger partial charge in [-0.25, -0.2) is 13.1 Å². The van der Waals surface area contributed by atoms with Gasteiger partial charge in [0.05, 0.1) is 4.90 Å². The van der Waals surface area contributed by atoms with Gasteiger partial charge in [0.15, 0.2) is 0 Å². The summed E-state index contributed by atoms with van der Waals surface area (Å²) >= 11 is 1.86. The van der Waals surface area contributed by atoms with Gasteiger partial charge in [-0.3, -0.25) is 0 Å². The summed E-state index contributed by atoms with van der Waals surface area (Å²) in [4.78, 5) is 0.362. The van der Waals surface area contributed by atoms with E-state index in [1.807, 2.05) is 23.4 Å². The van der Waals surface area contributed by atoms with Gasteiger partial charge in [-0.1, -0.05) is 6.92 Å². The molecule has 1 aromatic rings. The lowest BCUT2D eigenvalue weighted by Crippen LogP contribution is -2.29. The first kappa shape index (κ1) is 16.9. The fourth-order valence-corrected chi connectivity index (χ4v) is 4.87. The van der Waals surface area contributed by atoms with E-state index < -0.39 is 10.0 Å². The van der Waals surface area contributed by atoms with Crippen LogP contribution in [0.15, 0.2) is 17.2 Å². The van der Waals surface area contributed by atoms with E-state index in [1.165, 1.54) is 6.42 Å². The molecule has 0 bridgehead atoms. The van der Waals surface area contributed by atoms with Gasteiger partial charge in [0, 0.05) is 37.3 Å². The SMILES string of the molecule is CCCNCc1cc(S(=O)(=O)NCC2CCCS2)cn1C. The highest BCUT2D eigenvalue weighted by atomic mass is 32.2. The number of aromatic nitrogens is 1. The zero-order valence-corrected chi connectivity index (χ0v) is 14.4. The number of thioether (sulfide) groups is 1. The van der Waals surface area contributed by atoms with Crippen molar-refractivity contribution in [1.82, 2.24) is 14.6 Å². The van der Waals surface area contributed by atoms with Crippen LogP contribution in [-0.4, -0.2) is 37.1 Å². The summed E-state index contributed by atoms with van der Waals surface area (Å²) in [5.74, 6) is 1.14. The minimum Gasteiger partial charge on any atom is -0.352 e. The zero-order chi connectivity index (χ0) is 15.3.